The van der Waals surface area contributed by atoms with Gasteiger partial charge >= 0.3 is 5.97 Å². The molecule has 4 rings (SSSR count). The summed E-state index contributed by atoms with van der Waals surface area (Å²) in [6, 6.07) is 4.36. The SMILES string of the molecule is O=C(O)C1CCC(C(=O)NCc2cc(C3CC3)ccc2F)N1C1CC1. The highest BCUT2D eigenvalue weighted by molar-refractivity contribution is 5.84. The molecular formula is C19H23FN2O3. The number of aliphatic carboxylic acids is 1. The number of hydrogen-bond acceptors (Lipinski definition) is 3. The molecule has 25 heavy (non-hydrogen) atoms. The van der Waals surface area contributed by atoms with Crippen LogP contribution in [-0.4, -0.2) is 40.0 Å². The molecule has 1 aliphatic heterocycles. The van der Waals surface area contributed by atoms with Crippen LogP contribution in [0.5, 0.6) is 0 Å². The van der Waals surface area contributed by atoms with Crippen molar-refractivity contribution in [2.75, 3.05) is 0 Å². The van der Waals surface area contributed by atoms with Gasteiger partial charge in [-0.15, -0.1) is 0 Å². The molecule has 0 spiro atoms. The quantitative estimate of drug-likeness (QED) is 0.830. The summed E-state index contributed by atoms with van der Waals surface area (Å²) >= 11 is 0. The molecule has 2 saturated carbocycles. The first-order valence-corrected chi connectivity index (χ1v) is 9.11. The van der Waals surface area contributed by atoms with Gasteiger partial charge in [-0.05, 0) is 56.1 Å². The van der Waals surface area contributed by atoms with Crippen molar-refractivity contribution in [3.63, 3.8) is 0 Å². The fourth-order valence-corrected chi connectivity index (χ4v) is 3.93. The Hall–Kier alpha value is -1.95. The number of carboxylic acids is 1. The fourth-order valence-electron chi connectivity index (χ4n) is 3.93. The van der Waals surface area contributed by atoms with Crippen LogP contribution in [0.15, 0.2) is 18.2 Å². The first kappa shape index (κ1) is 16.5. The molecule has 134 valence electrons. The van der Waals surface area contributed by atoms with Gasteiger partial charge in [0, 0.05) is 18.2 Å². The van der Waals surface area contributed by atoms with E-state index in [1.165, 1.54) is 6.07 Å². The van der Waals surface area contributed by atoms with Crippen molar-refractivity contribution in [1.29, 1.82) is 0 Å². The standard InChI is InChI=1S/C19H23FN2O3/c20-15-6-3-12(11-1-2-11)9-13(15)10-21-18(23)16-7-8-17(19(24)25)22(16)14-4-5-14/h3,6,9,11,14,16-17H,1-2,4-5,7-8,10H2,(H,21,23)(H,24,25). The number of carboxylic acid groups (broad SMARTS) is 1. The molecule has 1 saturated heterocycles. The predicted molar refractivity (Wildman–Crippen MR) is 89.5 cm³/mol. The highest BCUT2D eigenvalue weighted by Gasteiger charge is 2.48. The second kappa shape index (κ2) is 6.41. The highest BCUT2D eigenvalue weighted by Crippen LogP contribution is 2.40. The third-order valence-electron chi connectivity index (χ3n) is 5.56. The minimum atomic E-state index is -0.856. The number of halogens is 1. The minimum absolute atomic E-state index is 0.151. The van der Waals surface area contributed by atoms with Gasteiger partial charge in [0.15, 0.2) is 0 Å². The Morgan fingerprint density at radius 1 is 1.12 bits per heavy atom. The molecule has 5 nitrogen and oxygen atoms in total. The zero-order valence-electron chi connectivity index (χ0n) is 14.1. The van der Waals surface area contributed by atoms with Crippen LogP contribution < -0.4 is 5.32 Å². The number of likely N-dealkylation sites (tertiary alicyclic amines) is 1. The van der Waals surface area contributed by atoms with Crippen molar-refractivity contribution in [1.82, 2.24) is 10.2 Å². The molecule has 2 atom stereocenters. The van der Waals surface area contributed by atoms with Crippen LogP contribution in [0.2, 0.25) is 0 Å². The normalized spacial score (nSPS) is 26.6. The largest absolute Gasteiger partial charge is 0.480 e. The summed E-state index contributed by atoms with van der Waals surface area (Å²) in [5.74, 6) is -0.817. The average Bonchev–Trinajstić information content (AvgIpc) is 3.51. The lowest BCUT2D eigenvalue weighted by Crippen LogP contribution is -2.49. The Morgan fingerprint density at radius 2 is 1.84 bits per heavy atom. The monoisotopic (exact) mass is 346 g/mol. The van der Waals surface area contributed by atoms with E-state index in [9.17, 15) is 19.1 Å². The molecule has 2 unspecified atom stereocenters. The van der Waals surface area contributed by atoms with Crippen molar-refractivity contribution in [2.24, 2.45) is 0 Å². The van der Waals surface area contributed by atoms with Crippen molar-refractivity contribution < 1.29 is 19.1 Å². The first-order valence-electron chi connectivity index (χ1n) is 9.11. The fraction of sp³-hybridized carbons (Fsp3) is 0.579. The molecule has 3 aliphatic rings. The molecule has 6 heteroatoms. The summed E-state index contributed by atoms with van der Waals surface area (Å²) in [7, 11) is 0. The molecule has 1 amide bonds. The van der Waals surface area contributed by atoms with Crippen LogP contribution in [0.3, 0.4) is 0 Å². The number of benzene rings is 1. The van der Waals surface area contributed by atoms with Crippen molar-refractivity contribution >= 4 is 11.9 Å². The molecule has 2 aliphatic carbocycles. The Morgan fingerprint density at radius 3 is 2.48 bits per heavy atom. The molecule has 2 N–H and O–H groups in total. The molecular weight excluding hydrogens is 323 g/mol. The van der Waals surface area contributed by atoms with Crippen LogP contribution >= 0.6 is 0 Å². The summed E-state index contributed by atoms with van der Waals surface area (Å²) in [4.78, 5) is 25.9. The summed E-state index contributed by atoms with van der Waals surface area (Å²) in [6.07, 6.45) is 5.23. The Kier molecular flexibility index (Phi) is 4.23. The highest BCUT2D eigenvalue weighted by atomic mass is 19.1. The van der Waals surface area contributed by atoms with Gasteiger partial charge in [-0.1, -0.05) is 12.1 Å². The molecule has 1 aromatic carbocycles. The number of rotatable bonds is 6. The van der Waals surface area contributed by atoms with E-state index in [4.69, 9.17) is 0 Å². The van der Waals surface area contributed by atoms with Crippen molar-refractivity contribution in [3.8, 4) is 0 Å². The Bertz CT molecular complexity index is 700. The number of nitrogens with one attached hydrogen (secondary N) is 1. The molecule has 1 heterocycles. The summed E-state index contributed by atoms with van der Waals surface area (Å²) in [6.45, 7) is 0.151. The number of hydrogen-bond donors (Lipinski definition) is 2. The number of carbonyl (C=O) groups is 2. The lowest BCUT2D eigenvalue weighted by Gasteiger charge is -2.27. The number of carbonyl (C=O) groups excluding carboxylic acids is 1. The van der Waals surface area contributed by atoms with E-state index in [1.54, 1.807) is 0 Å². The molecule has 0 bridgehead atoms. The topological polar surface area (TPSA) is 69.6 Å². The van der Waals surface area contributed by atoms with Gasteiger partial charge in [0.1, 0.15) is 11.9 Å². The summed E-state index contributed by atoms with van der Waals surface area (Å²) in [5.41, 5.74) is 1.64. The van der Waals surface area contributed by atoms with Crippen molar-refractivity contribution in [3.05, 3.63) is 35.1 Å². The molecule has 0 radical (unpaired) electrons. The van der Waals surface area contributed by atoms with E-state index in [0.717, 1.165) is 31.2 Å². The second-order valence-corrected chi connectivity index (χ2v) is 7.47. The van der Waals surface area contributed by atoms with Crippen LogP contribution in [0, 0.1) is 5.82 Å². The van der Waals surface area contributed by atoms with Gasteiger partial charge in [-0.2, -0.15) is 0 Å². The molecule has 1 aromatic rings. The van der Waals surface area contributed by atoms with E-state index in [1.807, 2.05) is 17.0 Å². The Balaban J connectivity index is 1.42. The summed E-state index contributed by atoms with van der Waals surface area (Å²) < 4.78 is 14.0. The zero-order valence-corrected chi connectivity index (χ0v) is 14.1. The van der Waals surface area contributed by atoms with E-state index < -0.39 is 18.1 Å². The van der Waals surface area contributed by atoms with Gasteiger partial charge in [0.2, 0.25) is 5.91 Å². The number of amides is 1. The maximum Gasteiger partial charge on any atom is 0.320 e. The van der Waals surface area contributed by atoms with E-state index >= 15 is 0 Å². The van der Waals surface area contributed by atoms with Gasteiger partial charge in [-0.3, -0.25) is 14.5 Å². The van der Waals surface area contributed by atoms with Gasteiger partial charge < -0.3 is 10.4 Å². The smallest absolute Gasteiger partial charge is 0.320 e. The summed E-state index contributed by atoms with van der Waals surface area (Å²) in [5, 5.41) is 12.2. The van der Waals surface area contributed by atoms with Crippen LogP contribution in [0.25, 0.3) is 0 Å². The molecule has 3 fully saturated rings. The van der Waals surface area contributed by atoms with E-state index in [0.29, 0.717) is 24.3 Å². The lowest BCUT2D eigenvalue weighted by atomic mass is 10.1. The van der Waals surface area contributed by atoms with Crippen LogP contribution in [0.1, 0.15) is 55.6 Å². The zero-order chi connectivity index (χ0) is 17.6. The first-order chi connectivity index (χ1) is 12.0. The maximum atomic E-state index is 14.0. The maximum absolute atomic E-state index is 14.0. The molecule has 0 aromatic heterocycles. The van der Waals surface area contributed by atoms with Gasteiger partial charge in [-0.25, -0.2) is 4.39 Å². The second-order valence-electron chi connectivity index (χ2n) is 7.47. The predicted octanol–water partition coefficient (Wildman–Crippen LogP) is 2.40. The lowest BCUT2D eigenvalue weighted by molar-refractivity contribution is -0.143. The Labute approximate surface area is 146 Å². The minimum Gasteiger partial charge on any atom is -0.480 e. The number of nitrogens with zero attached hydrogens (tertiary/aromatic N) is 1. The average molecular weight is 346 g/mol. The van der Waals surface area contributed by atoms with E-state index in [2.05, 4.69) is 5.32 Å². The van der Waals surface area contributed by atoms with Gasteiger partial charge in [0.05, 0.1) is 6.04 Å². The van der Waals surface area contributed by atoms with E-state index in [-0.39, 0.29) is 24.3 Å². The third kappa shape index (κ3) is 3.40. The van der Waals surface area contributed by atoms with Crippen LogP contribution in [0.4, 0.5) is 4.39 Å². The van der Waals surface area contributed by atoms with Crippen molar-refractivity contribution in [2.45, 2.75) is 69.1 Å². The van der Waals surface area contributed by atoms with Gasteiger partial charge in [0.25, 0.3) is 0 Å². The van der Waals surface area contributed by atoms with Crippen LogP contribution in [-0.2, 0) is 16.1 Å². The third-order valence-corrected chi connectivity index (χ3v) is 5.56.